The molecule has 0 saturated heterocycles. The summed E-state index contributed by atoms with van der Waals surface area (Å²) in [6, 6.07) is 8.03. The molecule has 0 fully saturated rings. The van der Waals surface area contributed by atoms with Crippen molar-refractivity contribution in [1.82, 2.24) is 4.98 Å². The third-order valence-electron chi connectivity index (χ3n) is 1.90. The van der Waals surface area contributed by atoms with Gasteiger partial charge >= 0.3 is 0 Å². The lowest BCUT2D eigenvalue weighted by atomic mass is 10.1. The first-order valence-electron chi connectivity index (χ1n) is 4.67. The van der Waals surface area contributed by atoms with Gasteiger partial charge < -0.3 is 4.74 Å². The Hall–Kier alpha value is -1.61. The van der Waals surface area contributed by atoms with Crippen molar-refractivity contribution in [3.8, 4) is 5.75 Å². The van der Waals surface area contributed by atoms with Crippen molar-refractivity contribution >= 4 is 17.4 Å². The Morgan fingerprint density at radius 2 is 2.20 bits per heavy atom. The van der Waals surface area contributed by atoms with Gasteiger partial charge in [0.15, 0.2) is 0 Å². The molecule has 0 N–H and O–H groups in total. The van der Waals surface area contributed by atoms with Crippen molar-refractivity contribution < 1.29 is 4.74 Å². The summed E-state index contributed by atoms with van der Waals surface area (Å²) in [5, 5.41) is 1.93. The van der Waals surface area contributed by atoms with Gasteiger partial charge in [0.1, 0.15) is 12.4 Å². The number of nitrogens with zero attached hydrogens (tertiary/aromatic N) is 1. The normalized spacial score (nSPS) is 12.0. The predicted octanol–water partition coefficient (Wildman–Crippen LogP) is 3.24. The number of aromatic nitrogens is 1. The van der Waals surface area contributed by atoms with E-state index in [2.05, 4.69) is 11.1 Å². The van der Waals surface area contributed by atoms with Gasteiger partial charge in [0, 0.05) is 17.1 Å². The Morgan fingerprint density at radius 3 is 2.87 bits per heavy atom. The summed E-state index contributed by atoms with van der Waals surface area (Å²) < 4.78 is 5.34. The molecule has 2 heterocycles. The Kier molecular flexibility index (Phi) is 3.52. The van der Waals surface area contributed by atoms with Gasteiger partial charge in [-0.05, 0) is 12.1 Å². The van der Waals surface area contributed by atoms with E-state index in [4.69, 9.17) is 4.74 Å². The van der Waals surface area contributed by atoms with Crippen molar-refractivity contribution in [3.63, 3.8) is 0 Å². The Morgan fingerprint density at radius 1 is 1.27 bits per heavy atom. The Labute approximate surface area is 92.9 Å². The van der Waals surface area contributed by atoms with E-state index < -0.39 is 0 Å². The maximum Gasteiger partial charge on any atom is 0.126 e. The van der Waals surface area contributed by atoms with Crippen LogP contribution in [0.2, 0.25) is 0 Å². The Balaban J connectivity index is 0.000000144. The quantitative estimate of drug-likeness (QED) is 0.676. The van der Waals surface area contributed by atoms with Crippen LogP contribution in [0.15, 0.2) is 47.4 Å². The number of para-hydroxylation sites is 1. The van der Waals surface area contributed by atoms with Gasteiger partial charge in [-0.15, -0.1) is 11.3 Å². The molecule has 76 valence electrons. The smallest absolute Gasteiger partial charge is 0.126 e. The summed E-state index contributed by atoms with van der Waals surface area (Å²) in [7, 11) is 0. The molecule has 0 aliphatic carbocycles. The number of thiazole rings is 1. The van der Waals surface area contributed by atoms with Gasteiger partial charge in [-0.1, -0.05) is 24.3 Å². The van der Waals surface area contributed by atoms with Gasteiger partial charge in [0.05, 0.1) is 5.51 Å². The zero-order chi connectivity index (χ0) is 10.3. The summed E-state index contributed by atoms with van der Waals surface area (Å²) in [4.78, 5) is 3.74. The molecule has 3 heteroatoms. The number of ether oxygens (including phenoxy) is 1. The molecule has 1 aliphatic heterocycles. The molecular weight excluding hydrogens is 206 g/mol. The standard InChI is InChI=1S/C9H8O.C3H3NS/c1-2-6-9-8(4-1)5-3-7-10-9;1-2-5-3-4-1/h1-6H,7H2;1-3H. The third-order valence-corrected chi connectivity index (χ3v) is 2.42. The highest BCUT2D eigenvalue weighted by Crippen LogP contribution is 2.21. The molecule has 1 aromatic heterocycles. The van der Waals surface area contributed by atoms with E-state index in [0.29, 0.717) is 6.61 Å². The van der Waals surface area contributed by atoms with E-state index in [0.717, 1.165) is 5.75 Å². The van der Waals surface area contributed by atoms with Crippen LogP contribution in [0.4, 0.5) is 0 Å². The van der Waals surface area contributed by atoms with Gasteiger partial charge in [-0.2, -0.15) is 0 Å². The monoisotopic (exact) mass is 217 g/mol. The van der Waals surface area contributed by atoms with Crippen LogP contribution in [0.5, 0.6) is 5.75 Å². The van der Waals surface area contributed by atoms with E-state index in [1.54, 1.807) is 23.0 Å². The van der Waals surface area contributed by atoms with Crippen molar-refractivity contribution in [2.24, 2.45) is 0 Å². The average Bonchev–Trinajstić information content (AvgIpc) is 2.88. The van der Waals surface area contributed by atoms with Gasteiger partial charge in [0.25, 0.3) is 0 Å². The molecule has 15 heavy (non-hydrogen) atoms. The first-order chi connectivity index (χ1) is 7.47. The lowest BCUT2D eigenvalue weighted by Crippen LogP contribution is -1.98. The lowest BCUT2D eigenvalue weighted by molar-refractivity contribution is 0.358. The summed E-state index contributed by atoms with van der Waals surface area (Å²) in [6.45, 7) is 0.705. The topological polar surface area (TPSA) is 22.1 Å². The van der Waals surface area contributed by atoms with Crippen molar-refractivity contribution in [3.05, 3.63) is 53.0 Å². The number of hydrogen-bond donors (Lipinski definition) is 0. The van der Waals surface area contributed by atoms with E-state index in [-0.39, 0.29) is 0 Å². The van der Waals surface area contributed by atoms with E-state index >= 15 is 0 Å². The number of rotatable bonds is 0. The minimum atomic E-state index is 0.705. The summed E-state index contributed by atoms with van der Waals surface area (Å²) in [6.07, 6.45) is 5.87. The van der Waals surface area contributed by atoms with Gasteiger partial charge in [-0.25, -0.2) is 0 Å². The SMILES string of the molecule is C1=Cc2ccccc2OC1.c1cscn1. The molecule has 2 nitrogen and oxygen atoms in total. The fourth-order valence-electron chi connectivity index (χ4n) is 1.24. The molecule has 0 radical (unpaired) electrons. The molecule has 0 amide bonds. The molecule has 0 unspecified atom stereocenters. The van der Waals surface area contributed by atoms with Crippen LogP contribution in [0.25, 0.3) is 6.08 Å². The summed E-state index contributed by atoms with van der Waals surface area (Å²) >= 11 is 1.60. The summed E-state index contributed by atoms with van der Waals surface area (Å²) in [5.41, 5.74) is 2.97. The molecule has 0 bridgehead atoms. The van der Waals surface area contributed by atoms with Crippen LogP contribution >= 0.6 is 11.3 Å². The summed E-state index contributed by atoms with van der Waals surface area (Å²) in [5.74, 6) is 0.991. The fraction of sp³-hybridized carbons (Fsp3) is 0.0833. The van der Waals surface area contributed by atoms with Crippen molar-refractivity contribution in [2.45, 2.75) is 0 Å². The fourth-order valence-corrected chi connectivity index (χ4v) is 1.59. The third kappa shape index (κ3) is 2.92. The zero-order valence-electron chi connectivity index (χ0n) is 8.17. The number of hydrogen-bond acceptors (Lipinski definition) is 3. The second kappa shape index (κ2) is 5.32. The molecule has 1 aromatic carbocycles. The van der Waals surface area contributed by atoms with Crippen LogP contribution in [-0.4, -0.2) is 11.6 Å². The van der Waals surface area contributed by atoms with Crippen LogP contribution < -0.4 is 4.74 Å². The van der Waals surface area contributed by atoms with Crippen LogP contribution in [-0.2, 0) is 0 Å². The van der Waals surface area contributed by atoms with Gasteiger partial charge in [-0.3, -0.25) is 4.98 Å². The van der Waals surface area contributed by atoms with Crippen LogP contribution in [0.3, 0.4) is 0 Å². The van der Waals surface area contributed by atoms with Gasteiger partial charge in [0.2, 0.25) is 0 Å². The zero-order valence-corrected chi connectivity index (χ0v) is 8.98. The second-order valence-corrected chi connectivity index (χ2v) is 3.68. The molecule has 2 aromatic rings. The molecule has 0 saturated carbocycles. The average molecular weight is 217 g/mol. The highest BCUT2D eigenvalue weighted by molar-refractivity contribution is 7.07. The highest BCUT2D eigenvalue weighted by Gasteiger charge is 2.01. The molecule has 0 atom stereocenters. The van der Waals surface area contributed by atoms with E-state index in [1.807, 2.05) is 35.7 Å². The second-order valence-electron chi connectivity index (χ2n) is 2.93. The molecule has 0 spiro atoms. The number of fused-ring (bicyclic) bond motifs is 1. The lowest BCUT2D eigenvalue weighted by Gasteiger charge is -2.10. The predicted molar refractivity (Wildman–Crippen MR) is 63.1 cm³/mol. The maximum absolute atomic E-state index is 5.34. The molecule has 3 rings (SSSR count). The molecular formula is C12H11NOS. The van der Waals surface area contributed by atoms with E-state index in [9.17, 15) is 0 Å². The Bertz CT molecular complexity index is 406. The highest BCUT2D eigenvalue weighted by atomic mass is 32.1. The van der Waals surface area contributed by atoms with Crippen LogP contribution in [0.1, 0.15) is 5.56 Å². The number of benzene rings is 1. The first kappa shape index (κ1) is 9.93. The largest absolute Gasteiger partial charge is 0.489 e. The minimum absolute atomic E-state index is 0.705. The maximum atomic E-state index is 5.34. The first-order valence-corrected chi connectivity index (χ1v) is 5.61. The minimum Gasteiger partial charge on any atom is -0.489 e. The van der Waals surface area contributed by atoms with E-state index in [1.165, 1.54) is 5.56 Å². The van der Waals surface area contributed by atoms with Crippen LogP contribution in [0, 0.1) is 0 Å². The molecule has 1 aliphatic rings. The van der Waals surface area contributed by atoms with Crippen molar-refractivity contribution in [2.75, 3.05) is 6.61 Å². The van der Waals surface area contributed by atoms with Crippen molar-refractivity contribution in [1.29, 1.82) is 0 Å².